The van der Waals surface area contributed by atoms with Gasteiger partial charge in [-0.15, -0.1) is 0 Å². The predicted octanol–water partition coefficient (Wildman–Crippen LogP) is 6.96. The Morgan fingerprint density at radius 3 is 2.01 bits per heavy atom. The number of ketones is 2. The molecule has 4 aromatic carbocycles. The van der Waals surface area contributed by atoms with Crippen LogP contribution in [-0.4, -0.2) is 129 Å². The summed E-state index contributed by atoms with van der Waals surface area (Å²) in [4.78, 5) is 162. The molecule has 0 aromatic heterocycles. The molecule has 3 saturated carbocycles. The molecule has 4 aliphatic carbocycles. The van der Waals surface area contributed by atoms with Gasteiger partial charge in [-0.05, 0) is 130 Å². The molecule has 0 spiro atoms. The summed E-state index contributed by atoms with van der Waals surface area (Å²) in [6, 6.07) is 24.0. The number of nitro benzene ring substituents is 1. The van der Waals surface area contributed by atoms with Crippen LogP contribution in [0.3, 0.4) is 0 Å². The number of rotatable bonds is 29. The molecular weight excluding hydrogens is 1290 g/mol. The average Bonchev–Trinajstić information content (AvgIpc) is 0.674. The second-order valence-electron chi connectivity index (χ2n) is 27.2. The Hall–Kier alpha value is -9.20. The summed E-state index contributed by atoms with van der Waals surface area (Å²) in [5, 5.41) is 48.1. The van der Waals surface area contributed by atoms with E-state index in [1.807, 2.05) is 6.92 Å². The van der Waals surface area contributed by atoms with E-state index in [9.17, 15) is 63.5 Å². The number of esters is 3. The lowest BCUT2D eigenvalue weighted by Crippen LogP contribution is -2.74. The minimum Gasteiger partial charge on any atom is -0.455 e. The van der Waals surface area contributed by atoms with Crippen molar-refractivity contribution in [3.63, 3.8) is 0 Å². The van der Waals surface area contributed by atoms with Gasteiger partial charge in [-0.25, -0.2) is 9.59 Å². The quantitative estimate of drug-likeness (QED) is 0.00679. The van der Waals surface area contributed by atoms with E-state index in [-0.39, 0.29) is 72.1 Å². The SMILES string of the molecule is CC1=C2[C@@H](C)C(=O)[C@@]3(C)[C@H]([C@H](OC(=O)c4ccccc4)[C@](O)(C[C@@H]1OC(=O)[C@H](OC(=O)CCC(=O)NCCCCC(NC(=O)CC[C@H](CC(=O)C(C)NC(=O)c1ccc(Cl)cc1[N+](=O)[O-])C(N)=O)C(N)=O)[C@@H](NC(=O)c1ccccc1)c1ccccc1)C2(C)C)[C@]1(C)CC[C@@H]1C[C@@H]3O. The van der Waals surface area contributed by atoms with E-state index in [0.717, 1.165) is 18.6 Å². The molecule has 4 aromatic rings. The number of hydrogen-bond donors (Lipinski definition) is 8. The molecule has 3 fully saturated rings. The van der Waals surface area contributed by atoms with Crippen molar-refractivity contribution < 1.29 is 82.1 Å². The van der Waals surface area contributed by atoms with E-state index in [1.165, 1.54) is 13.0 Å². The number of nitrogens with one attached hydrogen (secondary N) is 4. The third-order valence-electron chi connectivity index (χ3n) is 20.9. The Morgan fingerprint density at radius 2 is 1.41 bits per heavy atom. The van der Waals surface area contributed by atoms with E-state index < -0.39 is 178 Å². The summed E-state index contributed by atoms with van der Waals surface area (Å²) in [5.41, 5.74) is 5.98. The Balaban J connectivity index is 0.937. The second kappa shape index (κ2) is 31.1. The number of primary amides is 2. The summed E-state index contributed by atoms with van der Waals surface area (Å²) >= 11 is 5.85. The molecule has 2 bridgehead atoms. The number of hydrogen-bond acceptors (Lipinski definition) is 18. The smallest absolute Gasteiger partial charge is 0.350 e. The van der Waals surface area contributed by atoms with Crippen LogP contribution in [0.25, 0.3) is 0 Å². The van der Waals surface area contributed by atoms with Gasteiger partial charge in [-0.3, -0.25) is 53.3 Å². The molecule has 14 atom stereocenters. The van der Waals surface area contributed by atoms with Crippen molar-refractivity contribution in [1.82, 2.24) is 21.3 Å². The molecule has 25 nitrogen and oxygen atoms in total. The summed E-state index contributed by atoms with van der Waals surface area (Å²) in [5.74, 6) is -11.9. The molecule has 524 valence electrons. The Kier molecular flexibility index (Phi) is 23.7. The maximum atomic E-state index is 15.6. The zero-order chi connectivity index (χ0) is 71.8. The van der Waals surface area contributed by atoms with Gasteiger partial charge in [0.05, 0.1) is 34.5 Å². The Bertz CT molecular complexity index is 3760. The van der Waals surface area contributed by atoms with E-state index in [1.54, 1.807) is 126 Å². The normalized spacial score (nSPS) is 25.2. The van der Waals surface area contributed by atoms with Crippen LogP contribution in [0.5, 0.6) is 0 Å². The number of aliphatic hydroxyl groups is 2. The van der Waals surface area contributed by atoms with Gasteiger partial charge in [0.1, 0.15) is 41.2 Å². The van der Waals surface area contributed by atoms with E-state index in [2.05, 4.69) is 21.3 Å². The number of benzene rings is 4. The summed E-state index contributed by atoms with van der Waals surface area (Å²) in [6.45, 7) is 12.0. The second-order valence-corrected chi connectivity index (χ2v) is 27.7. The van der Waals surface area contributed by atoms with E-state index >= 15 is 9.59 Å². The standard InChI is InChI=1S/C72H86ClN7O18/c1-39-52(38-72(93)62(98-67(91)44-23-15-10-16-24-44)60-70(6)33-32-46(70)36-53(82)71(60,7)61(86)40(2)57(39)69(72,4)5)96-68(92)59(58(42-19-11-8-12-20-42)79-65(89)43-21-13-9-14-22-43)97-56(85)31-30-54(83)76-34-18-17-25-49(64(75)88)78-55(84)29-26-45(63(74)87)35-51(81)41(3)77-66(90)48-28-27-47(73)37-50(48)80(94)95/h8-16,19-24,27-28,37,40-41,45-46,49,52-53,58-60,62,82,93H,17-18,25-26,29-36,38H2,1-7H3,(H2,74,87)(H2,75,88)(H,76,83)(H,77,90)(H,78,84)(H,79,89)/t40-,41?,45-,46-,49?,52+,53+,58+,59-,60-,62+,70-,71-,72-/m1/s1. The number of nitrogens with zero attached hydrogens (tertiary/aromatic N) is 1. The maximum Gasteiger partial charge on any atom is 0.350 e. The van der Waals surface area contributed by atoms with Crippen LogP contribution in [-0.2, 0) is 52.6 Å². The first kappa shape index (κ1) is 74.6. The number of carbonyl (C=O) groups is 11. The van der Waals surface area contributed by atoms with Gasteiger partial charge < -0.3 is 57.2 Å². The average molecular weight is 1370 g/mol. The molecule has 2 unspecified atom stereocenters. The van der Waals surface area contributed by atoms with Crippen LogP contribution >= 0.6 is 11.6 Å². The highest BCUT2D eigenvalue weighted by atomic mass is 35.5. The number of ether oxygens (including phenoxy) is 3. The fourth-order valence-corrected chi connectivity index (χ4v) is 15.3. The minimum atomic E-state index is -2.12. The first-order chi connectivity index (χ1) is 46.2. The van der Waals surface area contributed by atoms with Crippen molar-refractivity contribution in [3.05, 3.63) is 158 Å². The predicted molar refractivity (Wildman–Crippen MR) is 356 cm³/mol. The maximum absolute atomic E-state index is 15.6. The van der Waals surface area contributed by atoms with Crippen LogP contribution in [0.4, 0.5) is 5.69 Å². The minimum absolute atomic E-state index is 0.00933. The van der Waals surface area contributed by atoms with Crippen molar-refractivity contribution in [3.8, 4) is 0 Å². The molecule has 6 amide bonds. The highest BCUT2D eigenvalue weighted by Gasteiger charge is 2.74. The highest BCUT2D eigenvalue weighted by Crippen LogP contribution is 2.70. The number of Topliss-reactive ketones (excluding diaryl/α,β-unsaturated/α-hetero) is 2. The lowest BCUT2D eigenvalue weighted by atomic mass is 9.37. The first-order valence-corrected chi connectivity index (χ1v) is 33.3. The van der Waals surface area contributed by atoms with Crippen LogP contribution in [0.1, 0.15) is 168 Å². The number of nitro groups is 1. The molecule has 0 heterocycles. The van der Waals surface area contributed by atoms with Gasteiger partial charge in [-0.2, -0.15) is 0 Å². The number of nitrogens with two attached hydrogens (primary N) is 2. The molecule has 26 heteroatoms. The van der Waals surface area contributed by atoms with Crippen molar-refractivity contribution in [2.45, 2.75) is 174 Å². The van der Waals surface area contributed by atoms with Gasteiger partial charge in [0.15, 0.2) is 5.78 Å². The molecule has 0 aliphatic heterocycles. The largest absolute Gasteiger partial charge is 0.455 e. The molecule has 0 radical (unpaired) electrons. The summed E-state index contributed by atoms with van der Waals surface area (Å²) in [6.07, 6.45) is -6.34. The number of aliphatic hydroxyl groups excluding tert-OH is 1. The summed E-state index contributed by atoms with van der Waals surface area (Å²) < 4.78 is 19.2. The first-order valence-electron chi connectivity index (χ1n) is 32.9. The zero-order valence-corrected chi connectivity index (χ0v) is 56.6. The lowest BCUT2D eigenvalue weighted by molar-refractivity contribution is -0.385. The molecule has 0 saturated heterocycles. The van der Waals surface area contributed by atoms with E-state index in [4.69, 9.17) is 37.3 Å². The van der Waals surface area contributed by atoms with Crippen molar-refractivity contribution in [1.29, 1.82) is 0 Å². The summed E-state index contributed by atoms with van der Waals surface area (Å²) in [7, 11) is 0. The Labute approximate surface area is 572 Å². The number of halogens is 1. The van der Waals surface area contributed by atoms with Gasteiger partial charge in [0, 0.05) is 72.0 Å². The van der Waals surface area contributed by atoms with E-state index in [0.29, 0.717) is 29.6 Å². The molecule has 8 rings (SSSR count). The number of unbranched alkanes of at least 4 members (excludes halogenated alkanes) is 1. The van der Waals surface area contributed by atoms with Crippen LogP contribution in [0, 0.1) is 50.0 Å². The van der Waals surface area contributed by atoms with Gasteiger partial charge in [0.2, 0.25) is 29.7 Å². The van der Waals surface area contributed by atoms with Crippen molar-refractivity contribution >= 4 is 82.2 Å². The van der Waals surface area contributed by atoms with Gasteiger partial charge in [0.25, 0.3) is 17.5 Å². The fraction of sp³-hybridized carbons (Fsp3) is 0.486. The molecule has 10 N–H and O–H groups in total. The zero-order valence-electron chi connectivity index (χ0n) is 55.8. The van der Waals surface area contributed by atoms with Gasteiger partial charge >= 0.3 is 17.9 Å². The third kappa shape index (κ3) is 16.0. The van der Waals surface area contributed by atoms with Crippen LogP contribution in [0.2, 0.25) is 5.02 Å². The fourth-order valence-electron chi connectivity index (χ4n) is 15.2. The molecule has 4 aliphatic rings. The Morgan fingerprint density at radius 1 is 0.776 bits per heavy atom. The van der Waals surface area contributed by atoms with Crippen molar-refractivity contribution in [2.24, 2.45) is 51.4 Å². The molecular formula is C72H86ClN7O18. The third-order valence-corrected chi connectivity index (χ3v) is 21.1. The van der Waals surface area contributed by atoms with Crippen molar-refractivity contribution in [2.75, 3.05) is 6.54 Å². The topological polar surface area (TPSA) is 399 Å². The number of carbonyl (C=O) groups excluding carboxylic acids is 11. The van der Waals surface area contributed by atoms with Gasteiger partial charge in [-0.1, -0.05) is 106 Å². The monoisotopic (exact) mass is 1370 g/mol. The lowest BCUT2D eigenvalue weighted by Gasteiger charge is -2.68. The number of amides is 6. The number of fused-ring (bicyclic) bond motifs is 5. The van der Waals surface area contributed by atoms with Crippen LogP contribution in [0.15, 0.2) is 120 Å². The van der Waals surface area contributed by atoms with Crippen LogP contribution < -0.4 is 32.7 Å². The molecule has 98 heavy (non-hydrogen) atoms. The highest BCUT2D eigenvalue weighted by molar-refractivity contribution is 6.31.